The number of aromatic amines is 1. The van der Waals surface area contributed by atoms with Gasteiger partial charge in [-0.1, -0.05) is 61.8 Å². The van der Waals surface area contributed by atoms with Crippen LogP contribution in [0, 0.1) is 23.7 Å². The number of aliphatic hydroxyl groups is 1. The number of aliphatic hydroxyl groups excluding tert-OH is 1. The molecule has 306 valence electrons. The zero-order chi connectivity index (χ0) is 41.3. The molecule has 18 heteroatoms. The third-order valence-electron chi connectivity index (χ3n) is 8.70. The van der Waals surface area contributed by atoms with Crippen LogP contribution in [0.2, 0.25) is 0 Å². The third-order valence-corrected chi connectivity index (χ3v) is 8.70. The van der Waals surface area contributed by atoms with Crippen LogP contribution in [0.5, 0.6) is 0 Å². The van der Waals surface area contributed by atoms with Gasteiger partial charge < -0.3 is 52.8 Å². The van der Waals surface area contributed by atoms with Crippen molar-refractivity contribution in [2.24, 2.45) is 29.4 Å². The van der Waals surface area contributed by atoms with E-state index in [0.29, 0.717) is 18.5 Å². The van der Waals surface area contributed by atoms with Gasteiger partial charge in [-0.2, -0.15) is 0 Å². The number of carbonyl (C=O) groups excluding carboxylic acids is 6. The first-order valence-electron chi connectivity index (χ1n) is 18.6. The molecule has 0 aliphatic carbocycles. The van der Waals surface area contributed by atoms with Crippen LogP contribution < -0.4 is 37.6 Å². The standard InChI is InChI=1S/C36H63N9O9/c1-10-21(8)29(36(53)54)45-30(47)22(9)40-35(52)28(16-46)44-33(50)26(13-20(6)7)42-34(51)27(14-23-15-38-17-39-23)43-32(49)25(12-19(4)5)41-31(48)24(37)11-18(2)3/h15,17-22,24-29,46H,10-14,16,37H2,1-9H3,(H,38,39)(H,40,52)(H,41,48)(H,42,51)(H,43,49)(H,44,50)(H,45,47)(H,53,54)/t21-,22-,24-,25-,26-,27-,28-,29-/m0/s1. The molecule has 11 N–H and O–H groups in total. The van der Waals surface area contributed by atoms with Crippen molar-refractivity contribution in [3.05, 3.63) is 18.2 Å². The number of hydrogen-bond acceptors (Lipinski definition) is 10. The van der Waals surface area contributed by atoms with E-state index < -0.39 is 90.3 Å². The second-order valence-corrected chi connectivity index (χ2v) is 15.1. The number of hydrogen-bond donors (Lipinski definition) is 10. The van der Waals surface area contributed by atoms with Gasteiger partial charge in [0.2, 0.25) is 35.4 Å². The molecule has 1 aromatic heterocycles. The van der Waals surface area contributed by atoms with Crippen LogP contribution in [-0.2, 0) is 40.0 Å². The van der Waals surface area contributed by atoms with Gasteiger partial charge in [-0.15, -0.1) is 0 Å². The number of H-pyrrole nitrogens is 1. The molecule has 0 aromatic carbocycles. The molecule has 6 amide bonds. The fourth-order valence-corrected chi connectivity index (χ4v) is 5.48. The molecular formula is C36H63N9O9. The van der Waals surface area contributed by atoms with Crippen LogP contribution in [0.3, 0.4) is 0 Å². The highest BCUT2D eigenvalue weighted by Crippen LogP contribution is 2.11. The van der Waals surface area contributed by atoms with E-state index in [1.807, 2.05) is 27.7 Å². The lowest BCUT2D eigenvalue weighted by Gasteiger charge is -2.28. The van der Waals surface area contributed by atoms with Crippen LogP contribution in [0.25, 0.3) is 0 Å². The first-order valence-corrected chi connectivity index (χ1v) is 18.6. The van der Waals surface area contributed by atoms with E-state index in [4.69, 9.17) is 5.73 Å². The Morgan fingerprint density at radius 1 is 0.667 bits per heavy atom. The Kier molecular flexibility index (Phi) is 20.4. The van der Waals surface area contributed by atoms with E-state index >= 15 is 0 Å². The number of carbonyl (C=O) groups is 7. The molecule has 0 saturated carbocycles. The lowest BCUT2D eigenvalue weighted by Crippen LogP contribution is -2.60. The summed E-state index contributed by atoms with van der Waals surface area (Å²) in [7, 11) is 0. The summed E-state index contributed by atoms with van der Waals surface area (Å²) in [5.41, 5.74) is 6.56. The molecule has 0 spiro atoms. The van der Waals surface area contributed by atoms with E-state index in [2.05, 4.69) is 41.9 Å². The number of aromatic nitrogens is 2. The molecule has 18 nitrogen and oxygen atoms in total. The molecule has 54 heavy (non-hydrogen) atoms. The monoisotopic (exact) mass is 765 g/mol. The predicted molar refractivity (Wildman–Crippen MR) is 200 cm³/mol. The average molecular weight is 766 g/mol. The number of nitrogens with zero attached hydrogens (tertiary/aromatic N) is 1. The van der Waals surface area contributed by atoms with Crippen molar-refractivity contribution in [3.63, 3.8) is 0 Å². The van der Waals surface area contributed by atoms with Gasteiger partial charge >= 0.3 is 5.97 Å². The third kappa shape index (κ3) is 16.6. The molecule has 1 rings (SSSR count). The molecule has 0 aliphatic rings. The van der Waals surface area contributed by atoms with Crippen molar-refractivity contribution in [2.75, 3.05) is 6.61 Å². The molecule has 1 aromatic rings. The minimum atomic E-state index is -1.54. The minimum Gasteiger partial charge on any atom is -0.480 e. The maximum atomic E-state index is 13.9. The molecule has 0 aliphatic heterocycles. The van der Waals surface area contributed by atoms with Crippen molar-refractivity contribution in [1.82, 2.24) is 41.9 Å². The quantitative estimate of drug-likeness (QED) is 0.0638. The maximum absolute atomic E-state index is 13.9. The number of imidazole rings is 1. The summed E-state index contributed by atoms with van der Waals surface area (Å²) in [6.07, 6.45) is 4.07. The van der Waals surface area contributed by atoms with Crippen molar-refractivity contribution in [1.29, 1.82) is 0 Å². The molecule has 0 radical (unpaired) electrons. The zero-order valence-electron chi connectivity index (χ0n) is 33.0. The van der Waals surface area contributed by atoms with E-state index in [1.54, 1.807) is 27.7 Å². The second-order valence-electron chi connectivity index (χ2n) is 15.1. The first kappa shape index (κ1) is 47.4. The summed E-state index contributed by atoms with van der Waals surface area (Å²) in [6.45, 7) is 15.1. The number of amides is 6. The minimum absolute atomic E-state index is 0.0122. The van der Waals surface area contributed by atoms with Crippen LogP contribution >= 0.6 is 0 Å². The summed E-state index contributed by atoms with van der Waals surface area (Å²) >= 11 is 0. The fourth-order valence-electron chi connectivity index (χ4n) is 5.48. The van der Waals surface area contributed by atoms with Crippen molar-refractivity contribution < 1.29 is 43.8 Å². The highest BCUT2D eigenvalue weighted by molar-refractivity contribution is 5.97. The van der Waals surface area contributed by atoms with Gasteiger partial charge in [0.15, 0.2) is 0 Å². The zero-order valence-corrected chi connectivity index (χ0v) is 33.0. The van der Waals surface area contributed by atoms with Gasteiger partial charge in [0.1, 0.15) is 36.3 Å². The second kappa shape index (κ2) is 23.3. The van der Waals surface area contributed by atoms with Gasteiger partial charge in [-0.25, -0.2) is 9.78 Å². The largest absolute Gasteiger partial charge is 0.480 e. The van der Waals surface area contributed by atoms with Gasteiger partial charge in [0.25, 0.3) is 0 Å². The summed E-state index contributed by atoms with van der Waals surface area (Å²) in [5, 5.41) is 34.8. The highest BCUT2D eigenvalue weighted by Gasteiger charge is 2.34. The Hall–Kier alpha value is -4.58. The Balaban J connectivity index is 3.20. The molecule has 0 bridgehead atoms. The SMILES string of the molecule is CC[C@H](C)[C@H](NC(=O)[C@H](C)NC(=O)[C@H](CO)NC(=O)[C@H](CC(C)C)NC(=O)[C@H](Cc1cnc[nH]1)NC(=O)[C@H](CC(C)C)NC(=O)[C@@H](N)CC(C)C)C(=O)O. The number of nitrogens with two attached hydrogens (primary N) is 1. The summed E-state index contributed by atoms with van der Waals surface area (Å²) in [6, 6.07) is -8.26. The normalized spacial score (nSPS) is 15.9. The molecule has 0 unspecified atom stereocenters. The van der Waals surface area contributed by atoms with E-state index in [0.717, 1.165) is 0 Å². The van der Waals surface area contributed by atoms with E-state index in [9.17, 15) is 43.8 Å². The van der Waals surface area contributed by atoms with Crippen molar-refractivity contribution in [2.45, 2.75) is 137 Å². The summed E-state index contributed by atoms with van der Waals surface area (Å²) < 4.78 is 0. The van der Waals surface area contributed by atoms with Gasteiger partial charge in [-0.05, 0) is 49.9 Å². The smallest absolute Gasteiger partial charge is 0.326 e. The van der Waals surface area contributed by atoms with E-state index in [-0.39, 0.29) is 42.9 Å². The molecule has 0 fully saturated rings. The van der Waals surface area contributed by atoms with Crippen LogP contribution in [0.4, 0.5) is 0 Å². The molecule has 8 atom stereocenters. The fraction of sp³-hybridized carbons (Fsp3) is 0.722. The van der Waals surface area contributed by atoms with Crippen LogP contribution in [-0.4, -0.2) is 110 Å². The molecule has 0 saturated heterocycles. The Morgan fingerprint density at radius 3 is 1.57 bits per heavy atom. The molecular weight excluding hydrogens is 702 g/mol. The van der Waals surface area contributed by atoms with Crippen molar-refractivity contribution in [3.8, 4) is 0 Å². The number of rotatable bonds is 24. The predicted octanol–water partition coefficient (Wildman–Crippen LogP) is -0.530. The topological polar surface area (TPSA) is 287 Å². The average Bonchev–Trinajstić information content (AvgIpc) is 3.60. The van der Waals surface area contributed by atoms with Gasteiger partial charge in [0.05, 0.1) is 19.0 Å². The highest BCUT2D eigenvalue weighted by atomic mass is 16.4. The Morgan fingerprint density at radius 2 is 1.13 bits per heavy atom. The number of carboxylic acid groups (broad SMARTS) is 1. The summed E-state index contributed by atoms with van der Waals surface area (Å²) in [4.78, 5) is 98.2. The molecule has 1 heterocycles. The summed E-state index contributed by atoms with van der Waals surface area (Å²) in [5.74, 6) is -6.01. The number of carboxylic acids is 1. The van der Waals surface area contributed by atoms with Gasteiger partial charge in [0, 0.05) is 18.3 Å². The Bertz CT molecular complexity index is 1390. The maximum Gasteiger partial charge on any atom is 0.326 e. The van der Waals surface area contributed by atoms with Gasteiger partial charge in [-0.3, -0.25) is 28.8 Å². The lowest BCUT2D eigenvalue weighted by molar-refractivity contribution is -0.143. The first-order chi connectivity index (χ1) is 25.2. The van der Waals surface area contributed by atoms with Crippen LogP contribution in [0.15, 0.2) is 12.5 Å². The number of nitrogens with one attached hydrogen (secondary N) is 7. The lowest BCUT2D eigenvalue weighted by atomic mass is 9.99. The van der Waals surface area contributed by atoms with E-state index in [1.165, 1.54) is 19.4 Å². The number of aliphatic carboxylic acids is 1. The van der Waals surface area contributed by atoms with Crippen LogP contribution in [0.1, 0.15) is 93.7 Å². The van der Waals surface area contributed by atoms with Crippen molar-refractivity contribution >= 4 is 41.4 Å². The Labute approximate surface area is 317 Å².